The molecule has 43 heteroatoms. The molecule has 3 aromatic carbocycles. The summed E-state index contributed by atoms with van der Waals surface area (Å²) in [5.41, 5.74) is 20.4. The van der Waals surface area contributed by atoms with Crippen LogP contribution in [0, 0.1) is 5.92 Å². The lowest BCUT2D eigenvalue weighted by Gasteiger charge is -2.36. The second-order valence-electron chi connectivity index (χ2n) is 35.0. The SMILES string of the molecule is CCCC[C@H]1C(=O)N(C)[C@@H](CCCC)C(=O)N[C@@H](CCCN)C(=O)N[C@H](C(=O)NCC(N)=O)CSCC(=O)N[C@@H](Cc2ccc(O)cc2)C(=O)N(C)[C@@H](C)C(=O)N[C@@H](CC(N)=O)C(O)N2CCC[C@H]2C(=O)N[C@@H](Cc2cnc[nH]2)C(=O)N[C@@H](CC(C)C)C(=O)N2C[C@H](O)C[C@H]2C(=O)N[C@@H](Cc2c[nH]c3ccccc23)C(=O)N[C@@H](CO)C(=O)N[C@H](Cc2cn(C)c3ccccc23)C(=O)N1C. The second-order valence-corrected chi connectivity index (χ2v) is 36.1. The molecule has 134 heavy (non-hydrogen) atoms. The first-order valence-corrected chi connectivity index (χ1v) is 46.5. The maximum atomic E-state index is 15.8. The van der Waals surface area contributed by atoms with Crippen LogP contribution in [0.3, 0.4) is 0 Å². The number of aliphatic hydroxyl groups is 3. The third kappa shape index (κ3) is 28.5. The standard InChI is InChI=1S/C91H130N22O20S/c1-10-12-24-71-84(126)100-61(23-18-32-92)80(122)107-69(79(121)97-43-76(94)118)47-134-48-77(119)99-65(35-52-28-30-56(115)31-29-52)87(129)109(7)51(5)78(120)103-67(40-75(93)117)89(131)112-33-19-27-72(112)85(127)102-63(38-55-42-95-49-98-55)82(124)104-64(34-50(3)4)90(132)113-45-57(116)39-74(113)86(128)101-62(36-53-41-96-60-22-16-14-20-58(53)60)81(123)106-68(46-114)83(125)105-66(37-54-44-108(6)70-26-17-15-21-59(54)70)88(130)111(9)73(25-13-11-2)91(133)110(71)8/h14-17,20-22,26,28-31,41-42,44,49-51,57,61-69,71-74,89,96,114-116,131H,10-13,18-19,23-25,27,32-40,43,45-48,92H2,1-9H3,(H2,93,117)(H2,94,118)(H,95,98)(H,97,121)(H,99,119)(H,100,126)(H,101,128)(H,102,127)(H,103,120)(H,104,124)(H,105,125)(H,106,123)(H,107,122)/t51-,57+,61-,62-,63-,64-,65-,66+,67-,68-,69-,71-,72-,73-,74-,89?/m0/s1. The number of imidazole rings is 1. The van der Waals surface area contributed by atoms with Crippen LogP contribution in [-0.4, -0.2) is 321 Å². The van der Waals surface area contributed by atoms with Gasteiger partial charge < -0.3 is 125 Å². The van der Waals surface area contributed by atoms with E-state index < -0.39 is 229 Å². The number of para-hydroxylation sites is 2. The zero-order valence-electron chi connectivity index (χ0n) is 77.1. The summed E-state index contributed by atoms with van der Waals surface area (Å²) in [6.45, 7) is 6.28. The Hall–Kier alpha value is -12.6. The maximum Gasteiger partial charge on any atom is 0.245 e. The van der Waals surface area contributed by atoms with Crippen molar-refractivity contribution in [2.45, 2.75) is 241 Å². The van der Waals surface area contributed by atoms with E-state index in [9.17, 15) is 58.8 Å². The maximum absolute atomic E-state index is 15.8. The Kier molecular flexibility index (Phi) is 39.2. The van der Waals surface area contributed by atoms with E-state index >= 15 is 38.4 Å². The number of fused-ring (bicyclic) bond motifs is 4. The molecular formula is C91H130N22O20S. The van der Waals surface area contributed by atoms with Gasteiger partial charge in [-0.25, -0.2) is 4.98 Å². The van der Waals surface area contributed by atoms with Gasteiger partial charge in [0.15, 0.2) is 0 Å². The zero-order valence-corrected chi connectivity index (χ0v) is 77.9. The van der Waals surface area contributed by atoms with E-state index in [0.29, 0.717) is 64.4 Å². The number of primary amides is 2. The Morgan fingerprint density at radius 1 is 0.590 bits per heavy atom. The van der Waals surface area contributed by atoms with Gasteiger partial charge in [-0.2, -0.15) is 0 Å². The third-order valence-electron chi connectivity index (χ3n) is 24.5. The molecule has 1 unspecified atom stereocenters. The molecule has 9 rings (SSSR count). The highest BCUT2D eigenvalue weighted by molar-refractivity contribution is 8.00. The molecule has 0 bridgehead atoms. The fourth-order valence-electron chi connectivity index (χ4n) is 17.0. The number of aryl methyl sites for hydroxylation is 1. The number of nitrogens with two attached hydrogens (primary N) is 3. The van der Waals surface area contributed by atoms with Crippen molar-refractivity contribution in [2.75, 3.05) is 65.4 Å². The predicted octanol–water partition coefficient (Wildman–Crippen LogP) is -2.65. The van der Waals surface area contributed by atoms with E-state index in [0.717, 1.165) is 32.0 Å². The van der Waals surface area contributed by atoms with Crippen LogP contribution in [0.1, 0.15) is 140 Å². The summed E-state index contributed by atoms with van der Waals surface area (Å²) < 4.78 is 1.81. The van der Waals surface area contributed by atoms with Gasteiger partial charge in [0.25, 0.3) is 0 Å². The number of phenolic OH excluding ortho intramolecular Hbond substituents is 1. The van der Waals surface area contributed by atoms with Crippen molar-refractivity contribution < 1.29 is 97.1 Å². The van der Waals surface area contributed by atoms with Crippen LogP contribution in [-0.2, 0) is 109 Å². The van der Waals surface area contributed by atoms with Crippen LogP contribution in [0.15, 0.2) is 97.7 Å². The van der Waals surface area contributed by atoms with Gasteiger partial charge in [-0.15, -0.1) is 11.8 Å². The largest absolute Gasteiger partial charge is 0.508 e. The lowest BCUT2D eigenvalue weighted by molar-refractivity contribution is -0.149. The fraction of sp³-hybridized carbons (Fsp3) is 0.549. The quantitative estimate of drug-likeness (QED) is 0.0278. The number of thioether (sulfide) groups is 1. The summed E-state index contributed by atoms with van der Waals surface area (Å²) >= 11 is 0.790. The highest BCUT2D eigenvalue weighted by Crippen LogP contribution is 2.29. The molecule has 0 saturated carbocycles. The molecule has 3 aliphatic heterocycles. The van der Waals surface area contributed by atoms with Crippen LogP contribution in [0.5, 0.6) is 5.75 Å². The molecule has 6 heterocycles. The number of unbranched alkanes of at least 4 members (excludes halogenated alkanes) is 2. The van der Waals surface area contributed by atoms with Crippen LogP contribution in [0.2, 0.25) is 0 Å². The minimum Gasteiger partial charge on any atom is -0.508 e. The normalized spacial score (nSPS) is 25.6. The number of aromatic amines is 2. The van der Waals surface area contributed by atoms with Crippen LogP contribution >= 0.6 is 11.8 Å². The number of aliphatic hydroxyl groups excluding tert-OH is 3. The van der Waals surface area contributed by atoms with Crippen molar-refractivity contribution in [3.05, 3.63) is 120 Å². The Morgan fingerprint density at radius 3 is 1.83 bits per heavy atom. The van der Waals surface area contributed by atoms with Gasteiger partial charge in [0, 0.05) is 125 Å². The summed E-state index contributed by atoms with van der Waals surface area (Å²) in [6, 6.07) is -1.28. The van der Waals surface area contributed by atoms with Crippen molar-refractivity contribution in [1.29, 1.82) is 0 Å². The molecule has 3 fully saturated rings. The molecule has 3 aromatic heterocycles. The van der Waals surface area contributed by atoms with Crippen molar-refractivity contribution in [3.8, 4) is 5.75 Å². The number of carbonyl (C=O) groups is 16. The summed E-state index contributed by atoms with van der Waals surface area (Å²) in [4.78, 5) is 251. The third-order valence-corrected chi connectivity index (χ3v) is 25.6. The summed E-state index contributed by atoms with van der Waals surface area (Å²) in [5, 5.41) is 73.4. The average Bonchev–Trinajstić information content (AvgIpc) is 1.62. The van der Waals surface area contributed by atoms with E-state index in [1.165, 1.54) is 74.7 Å². The number of nitrogens with one attached hydrogen (secondary N) is 12. The molecule has 0 aliphatic carbocycles. The van der Waals surface area contributed by atoms with Gasteiger partial charge in [0.05, 0.1) is 49.8 Å². The van der Waals surface area contributed by atoms with Gasteiger partial charge in [-0.3, -0.25) is 81.6 Å². The van der Waals surface area contributed by atoms with Crippen LogP contribution < -0.4 is 70.4 Å². The number of phenols is 1. The lowest BCUT2D eigenvalue weighted by Crippen LogP contribution is -2.62. The van der Waals surface area contributed by atoms with E-state index in [2.05, 4.69) is 68.1 Å². The van der Waals surface area contributed by atoms with Crippen molar-refractivity contribution in [2.24, 2.45) is 30.2 Å². The minimum absolute atomic E-state index is 0.00612. The monoisotopic (exact) mass is 1880 g/mol. The van der Waals surface area contributed by atoms with Gasteiger partial charge in [0.2, 0.25) is 94.5 Å². The Balaban J connectivity index is 1.10. The summed E-state index contributed by atoms with van der Waals surface area (Å²) in [6.07, 6.45) is 2.66. The summed E-state index contributed by atoms with van der Waals surface area (Å²) in [5.74, 6) is -16.0. The second kappa shape index (κ2) is 50.0. The zero-order chi connectivity index (χ0) is 97.9. The molecule has 16 amide bonds. The topological polar surface area (TPSA) is 618 Å². The van der Waals surface area contributed by atoms with Gasteiger partial charge in [0.1, 0.15) is 84.5 Å². The molecule has 6 aromatic rings. The van der Waals surface area contributed by atoms with Gasteiger partial charge in [-0.1, -0.05) is 102 Å². The molecule has 0 radical (unpaired) electrons. The van der Waals surface area contributed by atoms with Crippen molar-refractivity contribution in [1.82, 2.24) is 97.2 Å². The predicted molar refractivity (Wildman–Crippen MR) is 495 cm³/mol. The molecule has 3 saturated heterocycles. The molecule has 0 spiro atoms. The number of nitrogens with zero attached hydrogens (tertiary/aromatic N) is 7. The first-order chi connectivity index (χ1) is 63.8. The minimum atomic E-state index is -1.88. The van der Waals surface area contributed by atoms with Crippen molar-refractivity contribution >= 4 is 128 Å². The number of likely N-dealkylation sites (N-methyl/N-ethyl adjacent to an activating group) is 3. The molecule has 22 N–H and O–H groups in total. The fourth-order valence-corrected chi connectivity index (χ4v) is 17.9. The van der Waals surface area contributed by atoms with Crippen molar-refractivity contribution in [3.63, 3.8) is 0 Å². The first kappa shape index (κ1) is 105. The van der Waals surface area contributed by atoms with Gasteiger partial charge >= 0.3 is 0 Å². The number of H-pyrrole nitrogens is 2. The Morgan fingerprint density at radius 2 is 1.18 bits per heavy atom. The van der Waals surface area contributed by atoms with Gasteiger partial charge in [-0.05, 0) is 105 Å². The Bertz CT molecular complexity index is 5110. The molecule has 3 aliphatic rings. The Labute approximate surface area is 780 Å². The highest BCUT2D eigenvalue weighted by atomic mass is 32.2. The number of hydrogen-bond acceptors (Lipinski definition) is 24. The van der Waals surface area contributed by atoms with E-state index in [4.69, 9.17) is 17.2 Å². The summed E-state index contributed by atoms with van der Waals surface area (Å²) in [7, 11) is 5.76. The number of aromatic hydroxyl groups is 1. The molecule has 16 atom stereocenters. The molecular weight excluding hydrogens is 1750 g/mol. The number of hydrogen-bond donors (Lipinski definition) is 19. The molecule has 42 nitrogen and oxygen atoms in total. The number of amides is 16. The van der Waals surface area contributed by atoms with Crippen LogP contribution in [0.25, 0.3) is 21.8 Å². The van der Waals surface area contributed by atoms with E-state index in [-0.39, 0.29) is 102 Å². The number of aromatic nitrogens is 4. The number of rotatable bonds is 25. The smallest absolute Gasteiger partial charge is 0.245 e. The first-order valence-electron chi connectivity index (χ1n) is 45.4. The highest BCUT2D eigenvalue weighted by Gasteiger charge is 2.47. The van der Waals surface area contributed by atoms with E-state index in [1.54, 1.807) is 63.6 Å². The molecule has 730 valence electrons. The number of benzene rings is 3. The average molecular weight is 1880 g/mol. The van der Waals surface area contributed by atoms with E-state index in [1.807, 2.05) is 36.6 Å². The lowest BCUT2D eigenvalue weighted by atomic mass is 10.00. The number of carbonyl (C=O) groups excluding carboxylic acids is 16. The van der Waals surface area contributed by atoms with Crippen LogP contribution in [0.4, 0.5) is 0 Å².